The number of halogens is 3. The zero-order chi connectivity index (χ0) is 32.0. The van der Waals surface area contributed by atoms with Crippen LogP contribution in [0, 0.1) is 17.5 Å². The summed E-state index contributed by atoms with van der Waals surface area (Å²) in [6.07, 6.45) is -3.21. The van der Waals surface area contributed by atoms with E-state index in [1.165, 1.54) is 11.2 Å². The van der Waals surface area contributed by atoms with Crippen molar-refractivity contribution in [2.75, 3.05) is 26.4 Å². The number of thioether (sulfide) groups is 1. The van der Waals surface area contributed by atoms with Crippen LogP contribution in [0.2, 0.25) is 0 Å². The van der Waals surface area contributed by atoms with Gasteiger partial charge in [-0.15, -0.1) is 5.53 Å². The van der Waals surface area contributed by atoms with Crippen LogP contribution in [0.4, 0.5) is 13.2 Å². The smallest absolute Gasteiger partial charge is 0.194 e. The van der Waals surface area contributed by atoms with E-state index in [0.717, 1.165) is 42.4 Å². The van der Waals surface area contributed by atoms with Gasteiger partial charge >= 0.3 is 0 Å². The molecule has 3 saturated heterocycles. The minimum atomic E-state index is -1.63. The number of aromatic amines is 1. The summed E-state index contributed by atoms with van der Waals surface area (Å²) in [6.45, 7) is 0.0479. The van der Waals surface area contributed by atoms with Crippen LogP contribution in [0.15, 0.2) is 24.5 Å². The highest BCUT2D eigenvalue weighted by molar-refractivity contribution is 8.00. The molecule has 2 aromatic rings. The lowest BCUT2D eigenvalue weighted by Crippen LogP contribution is -2.65. The third-order valence-electron chi connectivity index (χ3n) is 8.69. The second-order valence-corrected chi connectivity index (χ2v) is 12.7. The first-order valence-corrected chi connectivity index (χ1v) is 15.5. The SMILES string of the molecule is OCC1OC(SC2OC(CO)C(O)[C@H](N3C=C(c4cc(F)c(F)c(F)c4)NN3)C2O)C(O)C(n2cc(C3CCOCC3)[nH]2)C1O. The Kier molecular flexibility index (Phi) is 9.70. The van der Waals surface area contributed by atoms with Crippen LogP contribution < -0.4 is 11.0 Å². The summed E-state index contributed by atoms with van der Waals surface area (Å²) < 4.78 is 59.8. The number of ether oxygens (including phenoxy) is 3. The predicted molar refractivity (Wildman–Crippen MR) is 150 cm³/mol. The number of aliphatic hydroxyl groups is 6. The number of hydrogen-bond donors (Lipinski definition) is 9. The van der Waals surface area contributed by atoms with Gasteiger partial charge in [0, 0.05) is 37.1 Å². The Morgan fingerprint density at radius 3 is 1.98 bits per heavy atom. The van der Waals surface area contributed by atoms with Gasteiger partial charge in [0.05, 0.1) is 24.6 Å². The van der Waals surface area contributed by atoms with E-state index in [4.69, 9.17) is 14.2 Å². The molecule has 0 aliphatic carbocycles. The van der Waals surface area contributed by atoms with Crippen molar-refractivity contribution in [3.63, 3.8) is 0 Å². The summed E-state index contributed by atoms with van der Waals surface area (Å²) in [5.41, 5.74) is 3.92. The molecule has 0 bridgehead atoms. The van der Waals surface area contributed by atoms with Gasteiger partial charge in [-0.2, -0.15) is 0 Å². The second kappa shape index (κ2) is 13.4. The van der Waals surface area contributed by atoms with Crippen molar-refractivity contribution in [1.82, 2.24) is 25.7 Å². The first-order chi connectivity index (χ1) is 21.6. The van der Waals surface area contributed by atoms with Crippen LogP contribution in [0.25, 0.3) is 5.70 Å². The highest BCUT2D eigenvalue weighted by Gasteiger charge is 2.52. The molecule has 0 amide bonds. The molecule has 18 heteroatoms. The molecule has 10 atom stereocenters. The molecule has 4 aliphatic rings. The number of H-pyrrole nitrogens is 1. The molecular weight excluding hydrogens is 627 g/mol. The number of nitrogens with one attached hydrogen (secondary N) is 3. The molecule has 0 radical (unpaired) electrons. The standard InChI is InChI=1S/C27H36F3N5O9S/c28-13-5-12(6-14(29)19(13)30)15-7-35(33-31-15)21-23(39)18(10-37)44-27(25(21)41)45-26-24(40)20(22(38)17(9-36)43-26)34-8-16(32-34)11-1-3-42-4-2-11/h5-8,11,17-18,20-27,31-33,36-41H,1-4,9-10H2/t17?,18?,20?,21-,22?,23?,24?,25?,26?,27?/m0/s1. The fraction of sp³-hybridized carbons (Fsp3) is 0.630. The van der Waals surface area contributed by atoms with Crippen LogP contribution in [0.1, 0.15) is 36.1 Å². The predicted octanol–water partition coefficient (Wildman–Crippen LogP) is -1.03. The number of benzene rings is 1. The van der Waals surface area contributed by atoms with Crippen molar-refractivity contribution in [1.29, 1.82) is 0 Å². The van der Waals surface area contributed by atoms with Crippen LogP contribution in [0.5, 0.6) is 0 Å². The average Bonchev–Trinajstić information content (AvgIpc) is 3.49. The summed E-state index contributed by atoms with van der Waals surface area (Å²) in [6, 6.07) is -0.619. The fourth-order valence-electron chi connectivity index (χ4n) is 6.16. The number of aliphatic hydroxyl groups excluding tert-OH is 6. The highest BCUT2D eigenvalue weighted by Crippen LogP contribution is 2.41. The van der Waals surface area contributed by atoms with E-state index in [2.05, 4.69) is 16.1 Å². The maximum atomic E-state index is 13.8. The molecular formula is C27H36F3N5O9S. The van der Waals surface area contributed by atoms with Gasteiger partial charge in [0.2, 0.25) is 0 Å². The Labute approximate surface area is 259 Å². The molecule has 6 rings (SSSR count). The normalized spacial score (nSPS) is 36.3. The molecule has 4 aliphatic heterocycles. The third-order valence-corrected chi connectivity index (χ3v) is 10.0. The first kappa shape index (κ1) is 32.6. The van der Waals surface area contributed by atoms with Gasteiger partial charge in [-0.05, 0) is 25.0 Å². The number of aromatic nitrogens is 2. The molecule has 0 saturated carbocycles. The summed E-state index contributed by atoms with van der Waals surface area (Å²) in [5, 5.41) is 69.0. The van der Waals surface area contributed by atoms with Crippen LogP contribution >= 0.6 is 11.8 Å². The Hall–Kier alpha value is -2.36. The van der Waals surface area contributed by atoms with Gasteiger partial charge < -0.3 is 55.4 Å². The summed E-state index contributed by atoms with van der Waals surface area (Å²) in [7, 11) is 0. The van der Waals surface area contributed by atoms with E-state index in [-0.39, 0.29) is 17.2 Å². The number of nitrogens with zero attached hydrogens (tertiary/aromatic N) is 2. The Morgan fingerprint density at radius 2 is 1.40 bits per heavy atom. The molecule has 3 fully saturated rings. The van der Waals surface area contributed by atoms with E-state index < -0.39 is 90.2 Å². The van der Waals surface area contributed by atoms with Crippen molar-refractivity contribution < 1.29 is 58.0 Å². The van der Waals surface area contributed by atoms with Gasteiger partial charge in [-0.3, -0.25) is 9.69 Å². The van der Waals surface area contributed by atoms with Gasteiger partial charge in [0.15, 0.2) is 17.5 Å². The van der Waals surface area contributed by atoms with Crippen LogP contribution in [-0.4, -0.2) is 125 Å². The Morgan fingerprint density at radius 1 is 0.844 bits per heavy atom. The Balaban J connectivity index is 1.20. The zero-order valence-electron chi connectivity index (χ0n) is 23.7. The number of hydrogen-bond acceptors (Lipinski definition) is 13. The molecule has 9 unspecified atom stereocenters. The fourth-order valence-corrected chi connectivity index (χ4v) is 7.48. The molecule has 1 aromatic carbocycles. The average molecular weight is 664 g/mol. The molecule has 14 nitrogen and oxygen atoms in total. The lowest BCUT2D eigenvalue weighted by Gasteiger charge is -2.48. The zero-order valence-corrected chi connectivity index (χ0v) is 24.6. The molecule has 1 aromatic heterocycles. The van der Waals surface area contributed by atoms with Crippen molar-refractivity contribution in [2.45, 2.75) is 78.3 Å². The van der Waals surface area contributed by atoms with Crippen LogP contribution in [-0.2, 0) is 14.2 Å². The topological polar surface area (TPSA) is 197 Å². The van der Waals surface area contributed by atoms with Crippen molar-refractivity contribution in [3.05, 3.63) is 53.2 Å². The molecule has 250 valence electrons. The molecule has 9 N–H and O–H groups in total. The maximum Gasteiger partial charge on any atom is 0.194 e. The van der Waals surface area contributed by atoms with E-state index in [1.807, 2.05) is 0 Å². The van der Waals surface area contributed by atoms with Crippen molar-refractivity contribution in [2.24, 2.45) is 0 Å². The van der Waals surface area contributed by atoms with Gasteiger partial charge in [-0.25, -0.2) is 13.2 Å². The van der Waals surface area contributed by atoms with Gasteiger partial charge in [0.1, 0.15) is 59.6 Å². The number of hydrazine groups is 2. The van der Waals surface area contributed by atoms with Crippen molar-refractivity contribution >= 4 is 17.5 Å². The van der Waals surface area contributed by atoms with E-state index in [1.54, 1.807) is 10.9 Å². The summed E-state index contributed by atoms with van der Waals surface area (Å²) in [4.78, 5) is 0. The quantitative estimate of drug-likeness (QED) is 0.156. The minimum absolute atomic E-state index is 0.0610. The maximum absolute atomic E-state index is 13.8. The largest absolute Gasteiger partial charge is 0.394 e. The van der Waals surface area contributed by atoms with E-state index in [0.29, 0.717) is 13.2 Å². The van der Waals surface area contributed by atoms with Gasteiger partial charge in [-0.1, -0.05) is 11.8 Å². The molecule has 5 heterocycles. The van der Waals surface area contributed by atoms with Crippen molar-refractivity contribution in [3.8, 4) is 0 Å². The molecule has 45 heavy (non-hydrogen) atoms. The second-order valence-electron chi connectivity index (χ2n) is 11.5. The lowest BCUT2D eigenvalue weighted by molar-refractivity contribution is -0.195. The van der Waals surface area contributed by atoms with Gasteiger partial charge in [0.25, 0.3) is 0 Å². The monoisotopic (exact) mass is 663 g/mol. The Bertz CT molecular complexity index is 1330. The summed E-state index contributed by atoms with van der Waals surface area (Å²) in [5.74, 6) is -4.20. The van der Waals surface area contributed by atoms with Crippen LogP contribution in [0.3, 0.4) is 0 Å². The number of rotatable bonds is 8. The third kappa shape index (κ3) is 6.21. The lowest BCUT2D eigenvalue weighted by atomic mass is 9.94. The minimum Gasteiger partial charge on any atom is -0.394 e. The highest BCUT2D eigenvalue weighted by atomic mass is 32.2. The molecule has 0 spiro atoms. The summed E-state index contributed by atoms with van der Waals surface area (Å²) >= 11 is 0.833. The van der Waals surface area contributed by atoms with E-state index >= 15 is 0 Å². The first-order valence-electron chi connectivity index (χ1n) is 14.5. The van der Waals surface area contributed by atoms with E-state index in [9.17, 15) is 43.8 Å².